The molecule has 0 aliphatic rings. The molecule has 0 atom stereocenters. The minimum Gasteiger partial charge on any atom is -0.393 e. The van der Waals surface area contributed by atoms with Gasteiger partial charge in [0, 0.05) is 5.69 Å². The van der Waals surface area contributed by atoms with Crippen molar-refractivity contribution in [3.8, 4) is 0 Å². The van der Waals surface area contributed by atoms with Gasteiger partial charge in [-0.3, -0.25) is 0 Å². The fraction of sp³-hybridized carbons (Fsp3) is 0.0556. The first-order valence-electron chi connectivity index (χ1n) is 7.76. The van der Waals surface area contributed by atoms with E-state index in [0.717, 1.165) is 26.6 Å². The van der Waals surface area contributed by atoms with Gasteiger partial charge in [-0.15, -0.1) is 0 Å². The van der Waals surface area contributed by atoms with Gasteiger partial charge in [-0.05, 0) is 30.7 Å². The molecule has 0 bridgehead atoms. The Labute approximate surface area is 148 Å². The third-order valence-electron chi connectivity index (χ3n) is 3.80. The van der Waals surface area contributed by atoms with E-state index in [9.17, 15) is 0 Å². The fourth-order valence-corrected chi connectivity index (χ4v) is 3.33. The molecule has 0 unspecified atom stereocenters. The molecule has 124 valence electrons. The number of para-hydroxylation sites is 2. The van der Waals surface area contributed by atoms with E-state index in [1.165, 1.54) is 6.33 Å². The van der Waals surface area contributed by atoms with Crippen molar-refractivity contribution in [2.75, 3.05) is 16.4 Å². The van der Waals surface area contributed by atoms with Gasteiger partial charge >= 0.3 is 0 Å². The second-order valence-electron chi connectivity index (χ2n) is 5.54. The van der Waals surface area contributed by atoms with Gasteiger partial charge in [0.15, 0.2) is 16.8 Å². The minimum absolute atomic E-state index is 0.449. The van der Waals surface area contributed by atoms with E-state index in [-0.39, 0.29) is 0 Å². The maximum Gasteiger partial charge on any atom is 0.189 e. The molecule has 2 heterocycles. The molecule has 0 aliphatic carbocycles. The van der Waals surface area contributed by atoms with Gasteiger partial charge in [0.25, 0.3) is 0 Å². The SMILES string of the molecule is Cc1ccccc1Nc1ncnc(Nc2nc3ccccc3s2)c1N. The summed E-state index contributed by atoms with van der Waals surface area (Å²) >= 11 is 1.55. The van der Waals surface area contributed by atoms with Gasteiger partial charge in [-0.2, -0.15) is 0 Å². The highest BCUT2D eigenvalue weighted by molar-refractivity contribution is 7.22. The molecule has 0 spiro atoms. The van der Waals surface area contributed by atoms with Gasteiger partial charge in [-0.1, -0.05) is 41.7 Å². The molecular weight excluding hydrogens is 332 g/mol. The predicted octanol–water partition coefficient (Wildman–Crippen LogP) is 4.46. The van der Waals surface area contributed by atoms with Crippen molar-refractivity contribution in [2.45, 2.75) is 6.92 Å². The average Bonchev–Trinajstić information content (AvgIpc) is 3.02. The molecule has 0 amide bonds. The lowest BCUT2D eigenvalue weighted by Crippen LogP contribution is -2.05. The Balaban J connectivity index is 1.63. The quantitative estimate of drug-likeness (QED) is 0.504. The molecule has 0 saturated heterocycles. The number of hydrogen-bond donors (Lipinski definition) is 3. The van der Waals surface area contributed by atoms with Gasteiger partial charge < -0.3 is 16.4 Å². The van der Waals surface area contributed by atoms with Crippen LogP contribution in [0.2, 0.25) is 0 Å². The Hall–Kier alpha value is -3.19. The Morgan fingerprint density at radius 3 is 2.44 bits per heavy atom. The zero-order valence-electron chi connectivity index (χ0n) is 13.5. The van der Waals surface area contributed by atoms with E-state index < -0.39 is 0 Å². The lowest BCUT2D eigenvalue weighted by Gasteiger charge is -2.12. The summed E-state index contributed by atoms with van der Waals surface area (Å²) in [7, 11) is 0. The lowest BCUT2D eigenvalue weighted by atomic mass is 10.2. The molecule has 2 aromatic carbocycles. The van der Waals surface area contributed by atoms with Gasteiger partial charge in [0.2, 0.25) is 0 Å². The number of benzene rings is 2. The number of aromatic nitrogens is 3. The van der Waals surface area contributed by atoms with Crippen molar-refractivity contribution in [3.63, 3.8) is 0 Å². The van der Waals surface area contributed by atoms with Crippen molar-refractivity contribution in [2.24, 2.45) is 0 Å². The van der Waals surface area contributed by atoms with Crippen LogP contribution in [0.4, 0.5) is 28.1 Å². The first kappa shape index (κ1) is 15.3. The Morgan fingerprint density at radius 2 is 1.64 bits per heavy atom. The van der Waals surface area contributed by atoms with E-state index >= 15 is 0 Å². The largest absolute Gasteiger partial charge is 0.393 e. The van der Waals surface area contributed by atoms with Gasteiger partial charge in [0.1, 0.15) is 12.0 Å². The first-order chi connectivity index (χ1) is 12.2. The third-order valence-corrected chi connectivity index (χ3v) is 4.75. The van der Waals surface area contributed by atoms with Crippen LogP contribution >= 0.6 is 11.3 Å². The summed E-state index contributed by atoms with van der Waals surface area (Å²) in [6.07, 6.45) is 1.48. The average molecular weight is 348 g/mol. The maximum absolute atomic E-state index is 6.25. The zero-order chi connectivity index (χ0) is 17.2. The van der Waals surface area contributed by atoms with Crippen LogP contribution in [0, 0.1) is 6.92 Å². The number of nitrogens with one attached hydrogen (secondary N) is 2. The molecule has 0 radical (unpaired) electrons. The molecule has 6 nitrogen and oxygen atoms in total. The van der Waals surface area contributed by atoms with Crippen molar-refractivity contribution >= 4 is 49.7 Å². The van der Waals surface area contributed by atoms with E-state index in [0.29, 0.717) is 17.3 Å². The number of thiazole rings is 1. The standard InChI is InChI=1S/C18H16N6S/c1-11-6-2-3-7-12(11)22-16-15(19)17(21-10-20-16)24-18-23-13-8-4-5-9-14(13)25-18/h2-10H,19H2,1H3,(H2,20,21,22,23,24). The zero-order valence-corrected chi connectivity index (χ0v) is 14.3. The molecule has 7 heteroatoms. The van der Waals surface area contributed by atoms with Crippen LogP contribution in [0.5, 0.6) is 0 Å². The predicted molar refractivity (Wildman–Crippen MR) is 104 cm³/mol. The summed E-state index contributed by atoms with van der Waals surface area (Å²) in [5.41, 5.74) is 9.71. The Morgan fingerprint density at radius 1 is 0.920 bits per heavy atom. The second kappa shape index (κ2) is 6.37. The van der Waals surface area contributed by atoms with Crippen molar-refractivity contribution < 1.29 is 0 Å². The summed E-state index contributed by atoms with van der Waals surface area (Å²) in [5.74, 6) is 1.10. The summed E-state index contributed by atoms with van der Waals surface area (Å²) < 4.78 is 1.11. The van der Waals surface area contributed by atoms with Gasteiger partial charge in [0.05, 0.1) is 10.2 Å². The number of hydrogen-bond acceptors (Lipinski definition) is 7. The molecule has 4 aromatic rings. The summed E-state index contributed by atoms with van der Waals surface area (Å²) in [6, 6.07) is 15.9. The van der Waals surface area contributed by atoms with E-state index in [1.807, 2.05) is 55.5 Å². The molecule has 0 saturated carbocycles. The van der Waals surface area contributed by atoms with Crippen LogP contribution in [0.3, 0.4) is 0 Å². The highest BCUT2D eigenvalue weighted by atomic mass is 32.1. The summed E-state index contributed by atoms with van der Waals surface area (Å²) in [5, 5.41) is 7.20. The van der Waals surface area contributed by atoms with Crippen LogP contribution in [-0.4, -0.2) is 15.0 Å². The fourth-order valence-electron chi connectivity index (χ4n) is 2.46. The Kier molecular flexibility index (Phi) is 3.91. The molecule has 25 heavy (non-hydrogen) atoms. The number of nitrogens with two attached hydrogens (primary N) is 1. The highest BCUT2D eigenvalue weighted by Crippen LogP contribution is 2.32. The maximum atomic E-state index is 6.25. The molecule has 0 fully saturated rings. The number of rotatable bonds is 4. The molecule has 4 N–H and O–H groups in total. The van der Waals surface area contributed by atoms with Gasteiger partial charge in [-0.25, -0.2) is 15.0 Å². The monoisotopic (exact) mass is 348 g/mol. The molecule has 2 aromatic heterocycles. The van der Waals surface area contributed by atoms with Crippen molar-refractivity contribution in [3.05, 3.63) is 60.4 Å². The van der Waals surface area contributed by atoms with Crippen molar-refractivity contribution in [1.29, 1.82) is 0 Å². The van der Waals surface area contributed by atoms with E-state index in [2.05, 4.69) is 25.6 Å². The molecule has 4 rings (SSSR count). The number of nitrogens with zero attached hydrogens (tertiary/aromatic N) is 3. The molecule has 0 aliphatic heterocycles. The summed E-state index contributed by atoms with van der Waals surface area (Å²) in [4.78, 5) is 13.1. The van der Waals surface area contributed by atoms with Crippen LogP contribution in [-0.2, 0) is 0 Å². The van der Waals surface area contributed by atoms with E-state index in [1.54, 1.807) is 11.3 Å². The van der Waals surface area contributed by atoms with E-state index in [4.69, 9.17) is 5.73 Å². The summed E-state index contributed by atoms with van der Waals surface area (Å²) in [6.45, 7) is 2.03. The third kappa shape index (κ3) is 3.09. The smallest absolute Gasteiger partial charge is 0.189 e. The van der Waals surface area contributed by atoms with Crippen LogP contribution in [0.15, 0.2) is 54.9 Å². The molecular formula is C18H16N6S. The van der Waals surface area contributed by atoms with Crippen molar-refractivity contribution in [1.82, 2.24) is 15.0 Å². The minimum atomic E-state index is 0.449. The van der Waals surface area contributed by atoms with Crippen LogP contribution in [0.25, 0.3) is 10.2 Å². The normalized spacial score (nSPS) is 10.8. The van der Waals surface area contributed by atoms with Crippen LogP contribution < -0.4 is 16.4 Å². The Bertz CT molecular complexity index is 1010. The number of aryl methyl sites for hydroxylation is 1. The lowest BCUT2D eigenvalue weighted by molar-refractivity contribution is 1.17. The van der Waals surface area contributed by atoms with Crippen LogP contribution in [0.1, 0.15) is 5.56 Å². The number of anilines is 5. The second-order valence-corrected chi connectivity index (χ2v) is 6.57. The topological polar surface area (TPSA) is 88.8 Å². The number of fused-ring (bicyclic) bond motifs is 1. The number of nitrogen functional groups attached to an aromatic ring is 1. The highest BCUT2D eigenvalue weighted by Gasteiger charge is 2.11. The first-order valence-corrected chi connectivity index (χ1v) is 8.58.